The van der Waals surface area contributed by atoms with Crippen molar-refractivity contribution in [2.45, 2.75) is 32.2 Å². The predicted octanol–water partition coefficient (Wildman–Crippen LogP) is 3.78. The lowest BCUT2D eigenvalue weighted by Crippen LogP contribution is -2.50. The Bertz CT molecular complexity index is 846. The van der Waals surface area contributed by atoms with Gasteiger partial charge >= 0.3 is 0 Å². The number of nitrogens with zero attached hydrogens (tertiary/aromatic N) is 4. The van der Waals surface area contributed by atoms with E-state index in [2.05, 4.69) is 15.4 Å². The minimum atomic E-state index is -0.406. The third-order valence-corrected chi connectivity index (χ3v) is 4.18. The summed E-state index contributed by atoms with van der Waals surface area (Å²) >= 11 is 0. The number of hydrogen-bond acceptors (Lipinski definition) is 4. The lowest BCUT2D eigenvalue weighted by molar-refractivity contribution is 0.0645. The van der Waals surface area contributed by atoms with Gasteiger partial charge in [0.1, 0.15) is 17.4 Å². The van der Waals surface area contributed by atoms with Gasteiger partial charge in [0.25, 0.3) is 5.91 Å². The zero-order valence-corrected chi connectivity index (χ0v) is 14.4. The van der Waals surface area contributed by atoms with Crippen LogP contribution in [0.5, 0.6) is 0 Å². The molecule has 0 saturated carbocycles. The Morgan fingerprint density at radius 2 is 2.15 bits per heavy atom. The van der Waals surface area contributed by atoms with Crippen LogP contribution in [-0.4, -0.2) is 29.2 Å². The van der Waals surface area contributed by atoms with Crippen LogP contribution in [0.3, 0.4) is 0 Å². The highest BCUT2D eigenvalue weighted by atomic mass is 19.1. The molecule has 1 amide bonds. The van der Waals surface area contributed by atoms with E-state index in [1.165, 1.54) is 18.2 Å². The number of aryl methyl sites for hydroxylation is 1. The van der Waals surface area contributed by atoms with Gasteiger partial charge < -0.3 is 15.1 Å². The number of amides is 1. The Labute approximate surface area is 150 Å². The van der Waals surface area contributed by atoms with E-state index in [4.69, 9.17) is 10.2 Å². The van der Waals surface area contributed by atoms with Gasteiger partial charge in [-0.05, 0) is 55.7 Å². The molecule has 26 heavy (non-hydrogen) atoms. The molecule has 3 rings (SSSR count). The number of carbonyl (C=O) groups is 1. The van der Waals surface area contributed by atoms with E-state index in [0.717, 1.165) is 12.8 Å². The molecule has 0 bridgehead atoms. The molecule has 1 atom stereocenters. The minimum Gasteiger partial charge on any atom is -0.456 e. The zero-order valence-electron chi connectivity index (χ0n) is 14.4. The number of halogens is 1. The smallest absolute Gasteiger partial charge is 0.290 e. The molecule has 0 radical (unpaired) electrons. The van der Waals surface area contributed by atoms with Crippen molar-refractivity contribution in [3.8, 4) is 0 Å². The molecule has 0 spiro atoms. The van der Waals surface area contributed by atoms with Crippen molar-refractivity contribution < 1.29 is 13.6 Å². The highest BCUT2D eigenvalue weighted by Crippen LogP contribution is 2.21. The van der Waals surface area contributed by atoms with Crippen LogP contribution in [-0.2, 0) is 0 Å². The fourth-order valence-electron chi connectivity index (χ4n) is 2.90. The zero-order chi connectivity index (χ0) is 18.5. The number of furan rings is 1. The van der Waals surface area contributed by atoms with Crippen LogP contribution in [0.1, 0.15) is 35.6 Å². The van der Waals surface area contributed by atoms with E-state index in [0.29, 0.717) is 24.4 Å². The molecule has 7 nitrogen and oxygen atoms in total. The van der Waals surface area contributed by atoms with Crippen LogP contribution in [0.25, 0.3) is 0 Å². The predicted molar refractivity (Wildman–Crippen MR) is 94.7 cm³/mol. The van der Waals surface area contributed by atoms with Gasteiger partial charge in [0, 0.05) is 12.6 Å². The van der Waals surface area contributed by atoms with Gasteiger partial charge in [-0.25, -0.2) is 4.39 Å². The Balaban J connectivity index is 1.75. The Kier molecular flexibility index (Phi) is 5.40. The number of likely N-dealkylation sites (tertiary alicyclic amines) is 1. The Morgan fingerprint density at radius 1 is 1.31 bits per heavy atom. The van der Waals surface area contributed by atoms with Crippen LogP contribution in [0.15, 0.2) is 56.3 Å². The van der Waals surface area contributed by atoms with Gasteiger partial charge in [-0.3, -0.25) is 4.79 Å². The average molecular weight is 357 g/mol. The molecule has 1 aromatic carbocycles. The summed E-state index contributed by atoms with van der Waals surface area (Å²) in [6, 6.07) is 8.73. The van der Waals surface area contributed by atoms with Crippen molar-refractivity contribution in [3.05, 3.63) is 53.7 Å². The van der Waals surface area contributed by atoms with E-state index in [1.807, 2.05) is 0 Å². The normalized spacial score (nSPS) is 18.5. The highest BCUT2D eigenvalue weighted by Gasteiger charge is 2.31. The van der Waals surface area contributed by atoms with Crippen LogP contribution in [0.4, 0.5) is 10.1 Å². The fourth-order valence-corrected chi connectivity index (χ4v) is 2.90. The first-order valence-corrected chi connectivity index (χ1v) is 8.41. The van der Waals surface area contributed by atoms with Crippen LogP contribution < -0.4 is 5.73 Å². The van der Waals surface area contributed by atoms with E-state index >= 15 is 0 Å². The summed E-state index contributed by atoms with van der Waals surface area (Å²) in [7, 11) is 0. The third-order valence-electron chi connectivity index (χ3n) is 4.18. The largest absolute Gasteiger partial charge is 0.456 e. The number of rotatable bonds is 4. The molecular formula is C18H20FN5O2. The number of amidine groups is 1. The van der Waals surface area contributed by atoms with Gasteiger partial charge in [0.15, 0.2) is 5.76 Å². The molecule has 2 heterocycles. The molecule has 2 aromatic rings. The standard InChI is InChI=1S/C18H20FN5O2/c1-12-8-9-16(26-12)18(25)24-10-3-2-7-15(24)17(20)22-23-21-14-6-4-5-13(19)11-14/h4-6,8-9,11,15H,2-3,7,10H2,1H3,(H2,20,21,22). The minimum absolute atomic E-state index is 0.196. The van der Waals surface area contributed by atoms with E-state index in [9.17, 15) is 9.18 Å². The molecular weight excluding hydrogens is 337 g/mol. The molecule has 1 unspecified atom stereocenters. The number of carbonyl (C=O) groups excluding carboxylic acids is 1. The fraction of sp³-hybridized carbons (Fsp3) is 0.333. The maximum Gasteiger partial charge on any atom is 0.290 e. The molecule has 8 heteroatoms. The highest BCUT2D eigenvalue weighted by molar-refractivity contribution is 5.96. The lowest BCUT2D eigenvalue weighted by atomic mass is 10.0. The second-order valence-electron chi connectivity index (χ2n) is 6.11. The second-order valence-corrected chi connectivity index (χ2v) is 6.11. The van der Waals surface area contributed by atoms with Crippen LogP contribution in [0, 0.1) is 12.7 Å². The topological polar surface area (TPSA) is 96.5 Å². The number of nitrogens with two attached hydrogens (primary N) is 1. The molecule has 1 aliphatic heterocycles. The third kappa shape index (κ3) is 4.14. The van der Waals surface area contributed by atoms with Crippen LogP contribution in [0.2, 0.25) is 0 Å². The molecule has 1 saturated heterocycles. The maximum absolute atomic E-state index is 13.1. The quantitative estimate of drug-likeness (QED) is 0.390. The van der Waals surface area contributed by atoms with Crippen molar-refractivity contribution in [1.82, 2.24) is 4.90 Å². The van der Waals surface area contributed by atoms with Gasteiger partial charge in [-0.1, -0.05) is 6.07 Å². The first-order valence-electron chi connectivity index (χ1n) is 8.41. The monoisotopic (exact) mass is 357 g/mol. The number of piperidine rings is 1. The molecule has 1 aliphatic rings. The average Bonchev–Trinajstić information content (AvgIpc) is 3.07. The summed E-state index contributed by atoms with van der Waals surface area (Å²) in [6.45, 7) is 2.35. The van der Waals surface area contributed by atoms with Gasteiger partial charge in [-0.15, -0.1) is 10.2 Å². The van der Waals surface area contributed by atoms with Crippen molar-refractivity contribution in [3.63, 3.8) is 0 Å². The van der Waals surface area contributed by atoms with Crippen molar-refractivity contribution in [1.29, 1.82) is 0 Å². The van der Waals surface area contributed by atoms with E-state index < -0.39 is 5.82 Å². The number of hydrogen-bond donors (Lipinski definition) is 1. The lowest BCUT2D eigenvalue weighted by Gasteiger charge is -2.34. The maximum atomic E-state index is 13.1. The van der Waals surface area contributed by atoms with Crippen molar-refractivity contribution in [2.75, 3.05) is 6.54 Å². The first-order chi connectivity index (χ1) is 12.5. The van der Waals surface area contributed by atoms with Gasteiger partial charge in [0.05, 0.1) is 11.7 Å². The molecule has 1 fully saturated rings. The van der Waals surface area contributed by atoms with Crippen molar-refractivity contribution in [2.24, 2.45) is 21.2 Å². The molecule has 2 N–H and O–H groups in total. The Morgan fingerprint density at radius 3 is 2.88 bits per heavy atom. The summed E-state index contributed by atoms with van der Waals surface area (Å²) in [6.07, 6.45) is 2.51. The molecule has 0 aliphatic carbocycles. The van der Waals surface area contributed by atoms with Crippen LogP contribution >= 0.6 is 0 Å². The van der Waals surface area contributed by atoms with E-state index in [1.54, 1.807) is 30.0 Å². The molecule has 136 valence electrons. The first kappa shape index (κ1) is 17.8. The number of benzene rings is 1. The molecule has 1 aromatic heterocycles. The Hall–Kier alpha value is -3.03. The SMILES string of the molecule is Cc1ccc(C(=O)N2CCCCC2C(N)=NN=Nc2cccc(F)c2)o1. The summed E-state index contributed by atoms with van der Waals surface area (Å²) in [5, 5.41) is 11.4. The van der Waals surface area contributed by atoms with E-state index in [-0.39, 0.29) is 23.5 Å². The second kappa shape index (κ2) is 7.90. The van der Waals surface area contributed by atoms with Gasteiger partial charge in [-0.2, -0.15) is 0 Å². The van der Waals surface area contributed by atoms with Crippen molar-refractivity contribution >= 4 is 17.4 Å². The summed E-state index contributed by atoms with van der Waals surface area (Å²) in [5.74, 6) is 0.525. The summed E-state index contributed by atoms with van der Waals surface area (Å²) in [4.78, 5) is 14.3. The summed E-state index contributed by atoms with van der Waals surface area (Å²) in [5.41, 5.74) is 6.39. The van der Waals surface area contributed by atoms with Gasteiger partial charge in [0.2, 0.25) is 0 Å². The summed E-state index contributed by atoms with van der Waals surface area (Å²) < 4.78 is 18.6.